The van der Waals surface area contributed by atoms with Gasteiger partial charge in [0.25, 0.3) is 5.91 Å². The molecular weight excluding hydrogens is 352 g/mol. The maximum absolute atomic E-state index is 12.6. The lowest BCUT2D eigenvalue weighted by molar-refractivity contribution is 0.0684. The van der Waals surface area contributed by atoms with Crippen LogP contribution in [0.1, 0.15) is 28.8 Å². The van der Waals surface area contributed by atoms with Crippen LogP contribution in [0.25, 0.3) is 0 Å². The van der Waals surface area contributed by atoms with E-state index in [9.17, 15) is 13.2 Å². The van der Waals surface area contributed by atoms with Crippen molar-refractivity contribution >= 4 is 15.9 Å². The van der Waals surface area contributed by atoms with Crippen molar-refractivity contribution in [1.82, 2.24) is 19.4 Å². The Labute approximate surface area is 154 Å². The number of rotatable bonds is 6. The Morgan fingerprint density at radius 3 is 2.77 bits per heavy atom. The third kappa shape index (κ3) is 4.92. The topological polar surface area (TPSA) is 84.3 Å². The van der Waals surface area contributed by atoms with Gasteiger partial charge in [-0.1, -0.05) is 18.2 Å². The van der Waals surface area contributed by atoms with Gasteiger partial charge >= 0.3 is 0 Å². The number of aromatic nitrogens is 2. The van der Waals surface area contributed by atoms with Crippen molar-refractivity contribution in [2.75, 3.05) is 18.8 Å². The molecule has 1 aromatic carbocycles. The Morgan fingerprint density at radius 2 is 2.08 bits per heavy atom. The zero-order valence-electron chi connectivity index (χ0n) is 14.8. The highest BCUT2D eigenvalue weighted by molar-refractivity contribution is 7.89. The van der Waals surface area contributed by atoms with E-state index < -0.39 is 10.0 Å². The maximum atomic E-state index is 12.6. The van der Waals surface area contributed by atoms with Crippen molar-refractivity contribution in [2.45, 2.75) is 19.4 Å². The van der Waals surface area contributed by atoms with Crippen LogP contribution < -0.4 is 4.72 Å². The second-order valence-electron chi connectivity index (χ2n) is 6.75. The molecule has 0 saturated carbocycles. The number of aryl methyl sites for hydroxylation is 1. The number of hydrogen-bond acceptors (Lipinski definition) is 4. The Bertz CT molecular complexity index is 848. The molecule has 0 spiro atoms. The zero-order valence-corrected chi connectivity index (χ0v) is 15.7. The Kier molecular flexibility index (Phi) is 5.73. The van der Waals surface area contributed by atoms with Crippen molar-refractivity contribution in [3.8, 4) is 0 Å². The fourth-order valence-corrected chi connectivity index (χ4v) is 4.67. The standard InChI is InChI=1S/C18H24N4O3S/c1-21-12-16(10-19-21)11-20-26(24,25)14-15-6-5-9-22(13-15)18(23)17-7-3-2-4-8-17/h2-4,7-8,10,12,15,20H,5-6,9,11,13-14H2,1H3. The predicted octanol–water partition coefficient (Wildman–Crippen LogP) is 1.39. The molecule has 1 amide bonds. The minimum atomic E-state index is -3.41. The number of nitrogens with one attached hydrogen (secondary N) is 1. The number of piperidine rings is 1. The summed E-state index contributed by atoms with van der Waals surface area (Å²) in [6.45, 7) is 1.38. The van der Waals surface area contributed by atoms with Crippen molar-refractivity contribution < 1.29 is 13.2 Å². The number of carbonyl (C=O) groups is 1. The first-order valence-electron chi connectivity index (χ1n) is 8.72. The van der Waals surface area contributed by atoms with Crippen LogP contribution in [0.5, 0.6) is 0 Å². The summed E-state index contributed by atoms with van der Waals surface area (Å²) in [7, 11) is -1.62. The summed E-state index contributed by atoms with van der Waals surface area (Å²) in [5.74, 6) is -0.0509. The van der Waals surface area contributed by atoms with Crippen LogP contribution in [0.15, 0.2) is 42.7 Å². The van der Waals surface area contributed by atoms with E-state index in [2.05, 4.69) is 9.82 Å². The summed E-state index contributed by atoms with van der Waals surface area (Å²) in [6.07, 6.45) is 5.06. The minimum absolute atomic E-state index is 0.0315. The van der Waals surface area contributed by atoms with Crippen LogP contribution in [-0.2, 0) is 23.6 Å². The number of nitrogens with zero attached hydrogens (tertiary/aromatic N) is 3. The molecular formula is C18H24N4O3S. The van der Waals surface area contributed by atoms with Gasteiger partial charge in [-0.15, -0.1) is 0 Å². The van der Waals surface area contributed by atoms with Crippen LogP contribution >= 0.6 is 0 Å². The molecule has 1 fully saturated rings. The summed E-state index contributed by atoms with van der Waals surface area (Å²) >= 11 is 0. The second-order valence-corrected chi connectivity index (χ2v) is 8.60. The smallest absolute Gasteiger partial charge is 0.253 e. The van der Waals surface area contributed by atoms with Crippen LogP contribution in [0.2, 0.25) is 0 Å². The molecule has 1 aromatic heterocycles. The molecule has 1 aliphatic rings. The molecule has 1 aliphatic heterocycles. The lowest BCUT2D eigenvalue weighted by atomic mass is 9.99. The summed E-state index contributed by atoms with van der Waals surface area (Å²) in [5, 5.41) is 4.03. The fourth-order valence-electron chi connectivity index (χ4n) is 3.27. The highest BCUT2D eigenvalue weighted by Crippen LogP contribution is 2.20. The Hall–Kier alpha value is -2.19. The first-order chi connectivity index (χ1) is 12.4. The van der Waals surface area contributed by atoms with Crippen molar-refractivity contribution in [2.24, 2.45) is 13.0 Å². The third-order valence-corrected chi connectivity index (χ3v) is 6.03. The van der Waals surface area contributed by atoms with E-state index in [1.807, 2.05) is 18.2 Å². The second kappa shape index (κ2) is 8.01. The first kappa shape index (κ1) is 18.6. The molecule has 2 aromatic rings. The van der Waals surface area contributed by atoms with Crippen LogP contribution in [0.3, 0.4) is 0 Å². The number of carbonyl (C=O) groups excluding carboxylic acids is 1. The van der Waals surface area contributed by atoms with E-state index in [4.69, 9.17) is 0 Å². The van der Waals surface area contributed by atoms with Gasteiger partial charge in [-0.05, 0) is 30.9 Å². The molecule has 1 saturated heterocycles. The fraction of sp³-hybridized carbons (Fsp3) is 0.444. The number of amides is 1. The molecule has 0 radical (unpaired) electrons. The lowest BCUT2D eigenvalue weighted by Gasteiger charge is -2.32. The number of hydrogen-bond donors (Lipinski definition) is 1. The number of benzene rings is 1. The van der Waals surface area contributed by atoms with Gasteiger partial charge in [-0.25, -0.2) is 13.1 Å². The van der Waals surface area contributed by atoms with E-state index in [1.165, 1.54) is 0 Å². The third-order valence-electron chi connectivity index (χ3n) is 4.54. The van der Waals surface area contributed by atoms with Gasteiger partial charge in [-0.3, -0.25) is 9.48 Å². The van der Waals surface area contributed by atoms with Gasteiger partial charge in [0, 0.05) is 44.0 Å². The highest BCUT2D eigenvalue weighted by Gasteiger charge is 2.28. The Balaban J connectivity index is 1.56. The average Bonchev–Trinajstić information content (AvgIpc) is 3.05. The first-order valence-corrected chi connectivity index (χ1v) is 10.4. The van der Waals surface area contributed by atoms with Crippen LogP contribution in [0.4, 0.5) is 0 Å². The normalized spacial score (nSPS) is 18.0. The van der Waals surface area contributed by atoms with E-state index >= 15 is 0 Å². The van der Waals surface area contributed by atoms with Gasteiger partial charge in [0.2, 0.25) is 10.0 Å². The summed E-state index contributed by atoms with van der Waals surface area (Å²) in [6, 6.07) is 9.12. The summed E-state index contributed by atoms with van der Waals surface area (Å²) in [4.78, 5) is 14.3. The zero-order chi connectivity index (χ0) is 18.6. The monoisotopic (exact) mass is 376 g/mol. The molecule has 26 heavy (non-hydrogen) atoms. The molecule has 1 N–H and O–H groups in total. The molecule has 3 rings (SSSR count). The summed E-state index contributed by atoms with van der Waals surface area (Å²) < 4.78 is 29.0. The molecule has 1 unspecified atom stereocenters. The molecule has 7 nitrogen and oxygen atoms in total. The maximum Gasteiger partial charge on any atom is 0.253 e. The van der Waals surface area contributed by atoms with Crippen molar-refractivity contribution in [3.05, 3.63) is 53.9 Å². The molecule has 0 bridgehead atoms. The predicted molar refractivity (Wildman–Crippen MR) is 98.9 cm³/mol. The molecule has 8 heteroatoms. The van der Waals surface area contributed by atoms with Crippen molar-refractivity contribution in [3.63, 3.8) is 0 Å². The van der Waals surface area contributed by atoms with Gasteiger partial charge < -0.3 is 4.90 Å². The van der Waals surface area contributed by atoms with E-state index in [0.717, 1.165) is 18.4 Å². The van der Waals surface area contributed by atoms with Gasteiger partial charge in [-0.2, -0.15) is 5.10 Å². The van der Waals surface area contributed by atoms with Crippen molar-refractivity contribution in [1.29, 1.82) is 0 Å². The molecule has 0 aliphatic carbocycles. The van der Waals surface area contributed by atoms with E-state index in [-0.39, 0.29) is 24.1 Å². The largest absolute Gasteiger partial charge is 0.338 e. The van der Waals surface area contributed by atoms with E-state index in [1.54, 1.807) is 41.2 Å². The lowest BCUT2D eigenvalue weighted by Crippen LogP contribution is -2.43. The molecule has 2 heterocycles. The minimum Gasteiger partial charge on any atom is -0.338 e. The van der Waals surface area contributed by atoms with Crippen LogP contribution in [0, 0.1) is 5.92 Å². The Morgan fingerprint density at radius 1 is 1.31 bits per heavy atom. The molecule has 1 atom stereocenters. The SMILES string of the molecule is Cn1cc(CNS(=O)(=O)CC2CCCN(C(=O)c3ccccc3)C2)cn1. The van der Waals surface area contributed by atoms with Crippen LogP contribution in [-0.4, -0.2) is 47.8 Å². The quantitative estimate of drug-likeness (QED) is 0.826. The van der Waals surface area contributed by atoms with Gasteiger partial charge in [0.1, 0.15) is 0 Å². The number of likely N-dealkylation sites (tertiary alicyclic amines) is 1. The van der Waals surface area contributed by atoms with Gasteiger partial charge in [0.05, 0.1) is 11.9 Å². The molecule has 140 valence electrons. The highest BCUT2D eigenvalue weighted by atomic mass is 32.2. The average molecular weight is 376 g/mol. The van der Waals surface area contributed by atoms with Gasteiger partial charge in [0.15, 0.2) is 0 Å². The van der Waals surface area contributed by atoms with E-state index in [0.29, 0.717) is 18.7 Å². The summed E-state index contributed by atoms with van der Waals surface area (Å²) in [5.41, 5.74) is 1.46. The number of sulfonamides is 1.